The van der Waals surface area contributed by atoms with Crippen molar-refractivity contribution in [2.75, 3.05) is 19.7 Å². The molecule has 4 heteroatoms. The smallest absolute Gasteiger partial charge is 0.255 e. The van der Waals surface area contributed by atoms with Gasteiger partial charge in [-0.15, -0.1) is 0 Å². The van der Waals surface area contributed by atoms with Gasteiger partial charge in [-0.3, -0.25) is 4.79 Å². The van der Waals surface area contributed by atoms with Crippen LogP contribution in [0.3, 0.4) is 0 Å². The third-order valence-electron chi connectivity index (χ3n) is 2.77. The molecule has 0 bridgehead atoms. The van der Waals surface area contributed by atoms with Crippen LogP contribution in [0.4, 0.5) is 4.39 Å². The molecule has 3 nitrogen and oxygen atoms in total. The van der Waals surface area contributed by atoms with Gasteiger partial charge in [0.1, 0.15) is 12.4 Å². The first-order valence-electron chi connectivity index (χ1n) is 6.68. The molecular weight excluding hydrogens is 257 g/mol. The molecule has 0 saturated carbocycles. The fraction of sp³-hybridized carbons (Fsp3) is 0.438. The number of carbonyl (C=O) groups excluding carboxylic acids is 1. The predicted octanol–water partition coefficient (Wildman–Crippen LogP) is 2.29. The maximum Gasteiger partial charge on any atom is 0.255 e. The number of carbonyl (C=O) groups is 1. The van der Waals surface area contributed by atoms with Gasteiger partial charge in [0.25, 0.3) is 5.91 Å². The molecule has 1 aromatic rings. The Balaban J connectivity index is 3.15. The lowest BCUT2D eigenvalue weighted by Crippen LogP contribution is -2.34. The highest BCUT2D eigenvalue weighted by Gasteiger charge is 2.18. The summed E-state index contributed by atoms with van der Waals surface area (Å²) < 4.78 is 13.4. The van der Waals surface area contributed by atoms with E-state index in [1.807, 2.05) is 20.8 Å². The maximum absolute atomic E-state index is 13.4. The Hall–Kier alpha value is -1.86. The van der Waals surface area contributed by atoms with Crippen molar-refractivity contribution in [2.45, 2.75) is 20.8 Å². The second-order valence-electron chi connectivity index (χ2n) is 4.89. The molecule has 0 spiro atoms. The Morgan fingerprint density at radius 1 is 1.45 bits per heavy atom. The topological polar surface area (TPSA) is 40.5 Å². The quantitative estimate of drug-likeness (QED) is 0.858. The van der Waals surface area contributed by atoms with Gasteiger partial charge in [-0.1, -0.05) is 25.7 Å². The van der Waals surface area contributed by atoms with E-state index in [0.29, 0.717) is 24.6 Å². The standard InChI is InChI=1S/C16H20FNO2/c1-4-18(11-12(2)3)16(20)15-10-14(17)8-7-13(15)6-5-9-19/h7-8,10,12,19H,4,9,11H2,1-3H3. The minimum absolute atomic E-state index is 0.233. The summed E-state index contributed by atoms with van der Waals surface area (Å²) >= 11 is 0. The first kappa shape index (κ1) is 16.2. The van der Waals surface area contributed by atoms with E-state index in [1.165, 1.54) is 18.2 Å². The van der Waals surface area contributed by atoms with Gasteiger partial charge in [0, 0.05) is 18.7 Å². The van der Waals surface area contributed by atoms with Gasteiger partial charge >= 0.3 is 0 Å². The number of nitrogens with zero attached hydrogens (tertiary/aromatic N) is 1. The van der Waals surface area contributed by atoms with Gasteiger partial charge in [-0.25, -0.2) is 4.39 Å². The van der Waals surface area contributed by atoms with E-state index >= 15 is 0 Å². The Labute approximate surface area is 119 Å². The van der Waals surface area contributed by atoms with E-state index < -0.39 is 5.82 Å². The molecule has 0 aliphatic heterocycles. The molecule has 0 heterocycles. The van der Waals surface area contributed by atoms with E-state index in [-0.39, 0.29) is 18.1 Å². The van der Waals surface area contributed by atoms with Gasteiger partial charge in [-0.2, -0.15) is 0 Å². The average molecular weight is 277 g/mol. The van der Waals surface area contributed by atoms with Crippen LogP contribution >= 0.6 is 0 Å². The highest BCUT2D eigenvalue weighted by Crippen LogP contribution is 2.14. The molecule has 0 fully saturated rings. The normalized spacial score (nSPS) is 10.1. The summed E-state index contributed by atoms with van der Waals surface area (Å²) in [4.78, 5) is 14.1. The SMILES string of the molecule is CCN(CC(C)C)C(=O)c1cc(F)ccc1C#CCO. The first-order valence-corrected chi connectivity index (χ1v) is 6.68. The predicted molar refractivity (Wildman–Crippen MR) is 76.8 cm³/mol. The molecule has 0 atom stereocenters. The fourth-order valence-electron chi connectivity index (χ4n) is 1.90. The van der Waals surface area contributed by atoms with Gasteiger partial charge in [0.2, 0.25) is 0 Å². The van der Waals surface area contributed by atoms with E-state index in [4.69, 9.17) is 5.11 Å². The summed E-state index contributed by atoms with van der Waals surface area (Å²) in [5.41, 5.74) is 0.682. The molecule has 0 radical (unpaired) electrons. The minimum Gasteiger partial charge on any atom is -0.384 e. The van der Waals surface area contributed by atoms with Gasteiger partial charge in [0.15, 0.2) is 0 Å². The average Bonchev–Trinajstić information content (AvgIpc) is 2.42. The second kappa shape index (κ2) is 7.66. The Morgan fingerprint density at radius 2 is 2.15 bits per heavy atom. The molecule has 1 rings (SSSR count). The minimum atomic E-state index is -0.469. The van der Waals surface area contributed by atoms with Crippen LogP contribution in [0.15, 0.2) is 18.2 Å². The molecule has 1 aromatic carbocycles. The summed E-state index contributed by atoms with van der Waals surface area (Å²) in [6.45, 7) is 6.80. The first-order chi connectivity index (χ1) is 9.49. The van der Waals surface area contributed by atoms with Crippen molar-refractivity contribution in [3.8, 4) is 11.8 Å². The van der Waals surface area contributed by atoms with Crippen molar-refractivity contribution in [1.29, 1.82) is 0 Å². The number of aliphatic hydroxyl groups excluding tert-OH is 1. The van der Waals surface area contributed by atoms with Crippen LogP contribution in [0, 0.1) is 23.6 Å². The number of benzene rings is 1. The van der Waals surface area contributed by atoms with E-state index in [0.717, 1.165) is 0 Å². The highest BCUT2D eigenvalue weighted by atomic mass is 19.1. The van der Waals surface area contributed by atoms with E-state index in [1.54, 1.807) is 4.90 Å². The van der Waals surface area contributed by atoms with Crippen LogP contribution in [-0.2, 0) is 0 Å². The van der Waals surface area contributed by atoms with Crippen LogP contribution in [0.5, 0.6) is 0 Å². The van der Waals surface area contributed by atoms with Crippen molar-refractivity contribution in [2.24, 2.45) is 5.92 Å². The maximum atomic E-state index is 13.4. The van der Waals surface area contributed by atoms with Crippen molar-refractivity contribution < 1.29 is 14.3 Å². The third kappa shape index (κ3) is 4.36. The lowest BCUT2D eigenvalue weighted by Gasteiger charge is -2.23. The molecule has 108 valence electrons. The van der Waals surface area contributed by atoms with E-state index in [9.17, 15) is 9.18 Å². The zero-order valence-electron chi connectivity index (χ0n) is 12.1. The number of amides is 1. The van der Waals surface area contributed by atoms with Crippen LogP contribution in [0.1, 0.15) is 36.7 Å². The molecule has 20 heavy (non-hydrogen) atoms. The highest BCUT2D eigenvalue weighted by molar-refractivity contribution is 5.96. The van der Waals surface area contributed by atoms with Gasteiger partial charge in [0.05, 0.1) is 5.56 Å². The lowest BCUT2D eigenvalue weighted by atomic mass is 10.1. The fourth-order valence-corrected chi connectivity index (χ4v) is 1.90. The van der Waals surface area contributed by atoms with Crippen LogP contribution in [0.25, 0.3) is 0 Å². The van der Waals surface area contributed by atoms with Gasteiger partial charge < -0.3 is 10.0 Å². The molecule has 0 aromatic heterocycles. The summed E-state index contributed by atoms with van der Waals surface area (Å²) in [6, 6.07) is 3.93. The van der Waals surface area contributed by atoms with Crippen molar-refractivity contribution >= 4 is 5.91 Å². The lowest BCUT2D eigenvalue weighted by molar-refractivity contribution is 0.0745. The molecular formula is C16H20FNO2. The number of hydrogen-bond acceptors (Lipinski definition) is 2. The summed E-state index contributed by atoms with van der Waals surface area (Å²) in [5.74, 6) is 4.81. The second-order valence-corrected chi connectivity index (χ2v) is 4.89. The van der Waals surface area contributed by atoms with Crippen LogP contribution < -0.4 is 0 Å². The molecule has 0 saturated heterocycles. The van der Waals surface area contributed by atoms with Gasteiger partial charge in [-0.05, 0) is 31.0 Å². The Kier molecular flexibility index (Phi) is 6.20. The van der Waals surface area contributed by atoms with Crippen molar-refractivity contribution in [3.05, 3.63) is 35.1 Å². The molecule has 1 amide bonds. The Bertz CT molecular complexity index is 529. The number of rotatable bonds is 4. The zero-order chi connectivity index (χ0) is 15.1. The number of aliphatic hydroxyl groups is 1. The Morgan fingerprint density at radius 3 is 2.70 bits per heavy atom. The molecule has 0 aliphatic carbocycles. The van der Waals surface area contributed by atoms with E-state index in [2.05, 4.69) is 11.8 Å². The summed E-state index contributed by atoms with van der Waals surface area (Å²) in [6.07, 6.45) is 0. The molecule has 0 unspecified atom stereocenters. The zero-order valence-corrected chi connectivity index (χ0v) is 12.1. The van der Waals surface area contributed by atoms with Crippen molar-refractivity contribution in [3.63, 3.8) is 0 Å². The van der Waals surface area contributed by atoms with Crippen LogP contribution in [0.2, 0.25) is 0 Å². The summed E-state index contributed by atoms with van der Waals surface area (Å²) in [7, 11) is 0. The number of hydrogen-bond donors (Lipinski definition) is 1. The van der Waals surface area contributed by atoms with Crippen molar-refractivity contribution in [1.82, 2.24) is 4.90 Å². The third-order valence-corrected chi connectivity index (χ3v) is 2.77. The largest absolute Gasteiger partial charge is 0.384 e. The van der Waals surface area contributed by atoms with Crippen LogP contribution in [-0.4, -0.2) is 35.6 Å². The number of halogens is 1. The molecule has 0 aliphatic rings. The summed E-state index contributed by atoms with van der Waals surface area (Å²) in [5, 5.41) is 8.74. The molecule has 1 N–H and O–H groups in total. The monoisotopic (exact) mass is 277 g/mol.